The van der Waals surface area contributed by atoms with Gasteiger partial charge in [-0.1, -0.05) is 38.3 Å². The molecule has 3 rings (SSSR count). The van der Waals surface area contributed by atoms with Crippen molar-refractivity contribution in [1.29, 1.82) is 0 Å². The van der Waals surface area contributed by atoms with Crippen LogP contribution in [0.4, 0.5) is 0 Å². The van der Waals surface area contributed by atoms with Gasteiger partial charge in [0.05, 0.1) is 11.0 Å². The Balaban J connectivity index is 1.85. The smallest absolute Gasteiger partial charge is 0.245 e. The molecule has 0 saturated carbocycles. The van der Waals surface area contributed by atoms with Gasteiger partial charge in [0.1, 0.15) is 11.3 Å². The topological polar surface area (TPSA) is 38.9 Å². The third kappa shape index (κ3) is 2.60. The van der Waals surface area contributed by atoms with Crippen LogP contribution < -0.4 is 0 Å². The summed E-state index contributed by atoms with van der Waals surface area (Å²) in [6.07, 6.45) is 5.97. The number of benzene rings is 1. The second-order valence-electron chi connectivity index (χ2n) is 4.93. The summed E-state index contributed by atoms with van der Waals surface area (Å²) in [5.74, 6) is 1.00. The first-order chi connectivity index (χ1) is 9.36. The third-order valence-electron chi connectivity index (χ3n) is 3.37. The number of furan rings is 1. The van der Waals surface area contributed by atoms with Crippen LogP contribution in [0.5, 0.6) is 0 Å². The summed E-state index contributed by atoms with van der Waals surface area (Å²) < 4.78 is 5.78. The highest BCUT2D eigenvalue weighted by Gasteiger charge is 2.07. The van der Waals surface area contributed by atoms with Crippen LogP contribution in [0, 0.1) is 0 Å². The van der Waals surface area contributed by atoms with E-state index >= 15 is 0 Å². The van der Waals surface area contributed by atoms with E-state index in [0.29, 0.717) is 5.71 Å². The van der Waals surface area contributed by atoms with E-state index in [2.05, 4.69) is 16.9 Å². The minimum atomic E-state index is 0.657. The van der Waals surface area contributed by atoms with Gasteiger partial charge >= 0.3 is 0 Å². The van der Waals surface area contributed by atoms with Crippen molar-refractivity contribution >= 4 is 22.3 Å². The molecule has 98 valence electrons. The Morgan fingerprint density at radius 1 is 0.947 bits per heavy atom. The van der Waals surface area contributed by atoms with Crippen LogP contribution in [0.3, 0.4) is 0 Å². The zero-order chi connectivity index (χ0) is 13.1. The van der Waals surface area contributed by atoms with Gasteiger partial charge in [-0.05, 0) is 18.6 Å². The predicted octanol–water partition coefficient (Wildman–Crippen LogP) is 4.50. The number of hydrogen-bond donors (Lipinski definition) is 0. The van der Waals surface area contributed by atoms with Gasteiger partial charge in [0.25, 0.3) is 0 Å². The molecular formula is C16H18N2O. The molecule has 0 aliphatic carbocycles. The van der Waals surface area contributed by atoms with Crippen molar-refractivity contribution in [1.82, 2.24) is 9.97 Å². The third-order valence-corrected chi connectivity index (χ3v) is 3.37. The molecule has 3 nitrogen and oxygen atoms in total. The van der Waals surface area contributed by atoms with Crippen LogP contribution in [0.2, 0.25) is 0 Å². The van der Waals surface area contributed by atoms with Crippen molar-refractivity contribution in [3.8, 4) is 0 Å². The number of aromatic nitrogens is 2. The van der Waals surface area contributed by atoms with Crippen LogP contribution in [-0.4, -0.2) is 9.97 Å². The van der Waals surface area contributed by atoms with Gasteiger partial charge in [0.2, 0.25) is 5.71 Å². The molecule has 0 radical (unpaired) electrons. The molecule has 0 bridgehead atoms. The lowest BCUT2D eigenvalue weighted by atomic mass is 10.1. The maximum atomic E-state index is 5.78. The molecule has 0 aliphatic rings. The second kappa shape index (κ2) is 5.39. The molecule has 0 aliphatic heterocycles. The van der Waals surface area contributed by atoms with Crippen molar-refractivity contribution in [2.75, 3.05) is 0 Å². The van der Waals surface area contributed by atoms with Crippen LogP contribution in [0.1, 0.15) is 38.4 Å². The van der Waals surface area contributed by atoms with Gasteiger partial charge < -0.3 is 4.42 Å². The lowest BCUT2D eigenvalue weighted by Crippen LogP contribution is -1.82. The molecule has 0 spiro atoms. The monoisotopic (exact) mass is 254 g/mol. The van der Waals surface area contributed by atoms with Crippen LogP contribution in [-0.2, 0) is 6.42 Å². The second-order valence-corrected chi connectivity index (χ2v) is 4.93. The molecule has 3 heteroatoms. The molecule has 3 aromatic rings. The number of nitrogens with zero attached hydrogens (tertiary/aromatic N) is 2. The van der Waals surface area contributed by atoms with E-state index in [-0.39, 0.29) is 0 Å². The van der Waals surface area contributed by atoms with Crippen LogP contribution in [0.25, 0.3) is 22.3 Å². The molecule has 0 fully saturated rings. The molecular weight excluding hydrogens is 236 g/mol. The first kappa shape index (κ1) is 12.2. The fourth-order valence-electron chi connectivity index (χ4n) is 2.32. The SMILES string of the molecule is CCCCCCc1cc2nc3ccccc3nc2o1. The number of rotatable bonds is 5. The first-order valence-electron chi connectivity index (χ1n) is 7.02. The number of para-hydroxylation sites is 2. The zero-order valence-corrected chi connectivity index (χ0v) is 11.2. The molecule has 0 amide bonds. The van der Waals surface area contributed by atoms with Crippen molar-refractivity contribution in [2.45, 2.75) is 39.0 Å². The molecule has 2 heterocycles. The number of hydrogen-bond acceptors (Lipinski definition) is 3. The molecule has 1 aromatic carbocycles. The van der Waals surface area contributed by atoms with Gasteiger partial charge in [-0.3, -0.25) is 0 Å². The minimum Gasteiger partial charge on any atom is -0.441 e. The molecule has 0 unspecified atom stereocenters. The van der Waals surface area contributed by atoms with Crippen molar-refractivity contribution < 1.29 is 4.42 Å². The highest BCUT2D eigenvalue weighted by molar-refractivity contribution is 5.83. The zero-order valence-electron chi connectivity index (χ0n) is 11.2. The Morgan fingerprint density at radius 3 is 2.53 bits per heavy atom. The average Bonchev–Trinajstić information content (AvgIpc) is 2.82. The normalized spacial score (nSPS) is 11.4. The lowest BCUT2D eigenvalue weighted by Gasteiger charge is -1.95. The van der Waals surface area contributed by atoms with Gasteiger partial charge in [-0.25, -0.2) is 9.97 Å². The first-order valence-corrected chi connectivity index (χ1v) is 7.02. The van der Waals surface area contributed by atoms with E-state index in [1.807, 2.05) is 30.3 Å². The predicted molar refractivity (Wildman–Crippen MR) is 77.2 cm³/mol. The van der Waals surface area contributed by atoms with E-state index in [0.717, 1.165) is 28.7 Å². The summed E-state index contributed by atoms with van der Waals surface area (Å²) in [7, 11) is 0. The largest absolute Gasteiger partial charge is 0.441 e. The van der Waals surface area contributed by atoms with Gasteiger partial charge in [-0.2, -0.15) is 0 Å². The Labute approximate surface area is 112 Å². The van der Waals surface area contributed by atoms with Gasteiger partial charge in [0, 0.05) is 12.5 Å². The summed E-state index contributed by atoms with van der Waals surface area (Å²) in [5.41, 5.74) is 3.34. The molecule has 0 atom stereocenters. The molecule has 0 N–H and O–H groups in total. The number of unbranched alkanes of at least 4 members (excludes halogenated alkanes) is 3. The van der Waals surface area contributed by atoms with Crippen molar-refractivity contribution in [3.05, 3.63) is 36.1 Å². The average molecular weight is 254 g/mol. The number of fused-ring (bicyclic) bond motifs is 2. The van der Waals surface area contributed by atoms with Gasteiger partial charge in [-0.15, -0.1) is 0 Å². The van der Waals surface area contributed by atoms with Crippen molar-refractivity contribution in [2.24, 2.45) is 0 Å². The summed E-state index contributed by atoms with van der Waals surface area (Å²) in [6.45, 7) is 2.22. The van der Waals surface area contributed by atoms with E-state index in [1.165, 1.54) is 25.7 Å². The maximum absolute atomic E-state index is 5.78. The van der Waals surface area contributed by atoms with E-state index < -0.39 is 0 Å². The van der Waals surface area contributed by atoms with Crippen LogP contribution in [0.15, 0.2) is 34.7 Å². The van der Waals surface area contributed by atoms with Crippen LogP contribution >= 0.6 is 0 Å². The van der Waals surface area contributed by atoms with E-state index in [9.17, 15) is 0 Å². The fraction of sp³-hybridized carbons (Fsp3) is 0.375. The molecule has 0 saturated heterocycles. The Bertz CT molecular complexity index is 635. The Morgan fingerprint density at radius 2 is 1.74 bits per heavy atom. The minimum absolute atomic E-state index is 0.657. The van der Waals surface area contributed by atoms with Crippen molar-refractivity contribution in [3.63, 3.8) is 0 Å². The standard InChI is InChI=1S/C16H18N2O/c1-2-3-4-5-8-12-11-15-16(19-12)18-14-10-7-6-9-13(14)17-15/h6-7,9-11H,2-5,8H2,1H3. The Hall–Kier alpha value is -1.90. The highest BCUT2D eigenvalue weighted by Crippen LogP contribution is 2.20. The lowest BCUT2D eigenvalue weighted by molar-refractivity contribution is 0.520. The highest BCUT2D eigenvalue weighted by atomic mass is 16.3. The fourth-order valence-corrected chi connectivity index (χ4v) is 2.32. The molecule has 19 heavy (non-hydrogen) atoms. The summed E-state index contributed by atoms with van der Waals surface area (Å²) in [5, 5.41) is 0. The number of aryl methyl sites for hydroxylation is 1. The summed E-state index contributed by atoms with van der Waals surface area (Å²) >= 11 is 0. The summed E-state index contributed by atoms with van der Waals surface area (Å²) in [6, 6.07) is 9.92. The van der Waals surface area contributed by atoms with E-state index in [4.69, 9.17) is 4.42 Å². The quantitative estimate of drug-likeness (QED) is 0.629. The van der Waals surface area contributed by atoms with E-state index in [1.54, 1.807) is 0 Å². The Kier molecular flexibility index (Phi) is 3.45. The summed E-state index contributed by atoms with van der Waals surface area (Å²) in [4.78, 5) is 9.10. The molecule has 2 aromatic heterocycles. The maximum Gasteiger partial charge on any atom is 0.245 e. The van der Waals surface area contributed by atoms with Gasteiger partial charge in [0.15, 0.2) is 0 Å².